The number of nitrogens with one attached hydrogen (secondary N) is 1. The highest BCUT2D eigenvalue weighted by molar-refractivity contribution is 5.22. The predicted octanol–water partition coefficient (Wildman–Crippen LogP) is 1.90. The minimum Gasteiger partial charge on any atom is -0.386 e. The Morgan fingerprint density at radius 1 is 1.13 bits per heavy atom. The van der Waals surface area contributed by atoms with E-state index in [0.29, 0.717) is 5.56 Å². The minimum atomic E-state index is -1.09. The lowest BCUT2D eigenvalue weighted by atomic mass is 9.90. The molecule has 0 aliphatic carbocycles. The summed E-state index contributed by atoms with van der Waals surface area (Å²) in [5.74, 6) is 0. The number of aromatic nitrogens is 1. The number of aromatic amines is 1. The molecule has 3 heteroatoms. The largest absolute Gasteiger partial charge is 0.386 e. The molecular formula is C12H19NO2. The van der Waals surface area contributed by atoms with Gasteiger partial charge in [0.25, 0.3) is 5.56 Å². The van der Waals surface area contributed by atoms with E-state index in [1.807, 2.05) is 26.8 Å². The van der Waals surface area contributed by atoms with Crippen LogP contribution >= 0.6 is 0 Å². The number of H-pyrrole nitrogens is 1. The molecule has 1 rings (SSSR count). The van der Waals surface area contributed by atoms with Gasteiger partial charge in [-0.3, -0.25) is 4.79 Å². The first-order valence-electron chi connectivity index (χ1n) is 5.09. The summed E-state index contributed by atoms with van der Waals surface area (Å²) in [5, 5.41) is 9.74. The first kappa shape index (κ1) is 12.0. The van der Waals surface area contributed by atoms with Gasteiger partial charge in [-0.1, -0.05) is 20.8 Å². The molecule has 0 radical (unpaired) electrons. The molecule has 2 N–H and O–H groups in total. The van der Waals surface area contributed by atoms with Crippen LogP contribution in [0, 0.1) is 0 Å². The van der Waals surface area contributed by atoms with E-state index in [-0.39, 0.29) is 11.0 Å². The molecule has 1 heterocycles. The summed E-state index contributed by atoms with van der Waals surface area (Å²) < 4.78 is 0. The van der Waals surface area contributed by atoms with E-state index < -0.39 is 5.60 Å². The molecule has 0 bridgehead atoms. The lowest BCUT2D eigenvalue weighted by Crippen LogP contribution is -2.29. The molecule has 0 aromatic carbocycles. The Morgan fingerprint density at radius 3 is 2.00 bits per heavy atom. The quantitative estimate of drug-likeness (QED) is 0.742. The first-order valence-corrected chi connectivity index (χ1v) is 5.09. The monoisotopic (exact) mass is 209 g/mol. The second-order valence-electron chi connectivity index (χ2n) is 5.42. The molecule has 15 heavy (non-hydrogen) atoms. The van der Waals surface area contributed by atoms with Crippen LogP contribution in [-0.4, -0.2) is 10.1 Å². The van der Waals surface area contributed by atoms with Crippen LogP contribution in [-0.2, 0) is 11.0 Å². The maximum absolute atomic E-state index is 11.7. The van der Waals surface area contributed by atoms with Crippen molar-refractivity contribution in [2.75, 3.05) is 0 Å². The molecule has 0 fully saturated rings. The molecule has 1 aromatic heterocycles. The highest BCUT2D eigenvalue weighted by Crippen LogP contribution is 2.21. The van der Waals surface area contributed by atoms with Crippen LogP contribution in [0.15, 0.2) is 16.9 Å². The van der Waals surface area contributed by atoms with Gasteiger partial charge in [0.15, 0.2) is 0 Å². The van der Waals surface area contributed by atoms with Crippen molar-refractivity contribution in [1.29, 1.82) is 0 Å². The van der Waals surface area contributed by atoms with Gasteiger partial charge in [-0.25, -0.2) is 0 Å². The van der Waals surface area contributed by atoms with Crippen LogP contribution in [0.3, 0.4) is 0 Å². The third-order valence-electron chi connectivity index (χ3n) is 2.38. The molecule has 0 aliphatic heterocycles. The average Bonchev–Trinajstić information content (AvgIpc) is 1.99. The van der Waals surface area contributed by atoms with Crippen molar-refractivity contribution < 1.29 is 5.11 Å². The van der Waals surface area contributed by atoms with Crippen molar-refractivity contribution in [3.05, 3.63) is 33.7 Å². The normalized spacial score (nSPS) is 12.9. The van der Waals surface area contributed by atoms with Crippen LogP contribution in [0.1, 0.15) is 45.9 Å². The summed E-state index contributed by atoms with van der Waals surface area (Å²) in [4.78, 5) is 14.5. The van der Waals surface area contributed by atoms with Crippen LogP contribution in [0.25, 0.3) is 0 Å². The zero-order chi connectivity index (χ0) is 11.9. The van der Waals surface area contributed by atoms with Crippen LogP contribution in [0.5, 0.6) is 0 Å². The van der Waals surface area contributed by atoms with Gasteiger partial charge >= 0.3 is 0 Å². The Balaban J connectivity index is 3.28. The van der Waals surface area contributed by atoms with Crippen molar-refractivity contribution >= 4 is 0 Å². The third kappa shape index (κ3) is 2.69. The highest BCUT2D eigenvalue weighted by Gasteiger charge is 2.22. The van der Waals surface area contributed by atoms with Gasteiger partial charge in [0.05, 0.1) is 5.60 Å². The van der Waals surface area contributed by atoms with Crippen molar-refractivity contribution in [2.24, 2.45) is 0 Å². The van der Waals surface area contributed by atoms with E-state index >= 15 is 0 Å². The van der Waals surface area contributed by atoms with E-state index in [0.717, 1.165) is 5.69 Å². The Labute approximate surface area is 90.2 Å². The average molecular weight is 209 g/mol. The molecule has 0 atom stereocenters. The third-order valence-corrected chi connectivity index (χ3v) is 2.38. The molecule has 0 spiro atoms. The van der Waals surface area contributed by atoms with Gasteiger partial charge in [0.1, 0.15) is 0 Å². The van der Waals surface area contributed by atoms with Crippen molar-refractivity contribution in [1.82, 2.24) is 4.98 Å². The lowest BCUT2D eigenvalue weighted by molar-refractivity contribution is 0.0769. The van der Waals surface area contributed by atoms with Gasteiger partial charge in [0.2, 0.25) is 0 Å². The maximum atomic E-state index is 11.7. The number of aliphatic hydroxyl groups is 1. The van der Waals surface area contributed by atoms with Gasteiger partial charge in [-0.15, -0.1) is 0 Å². The molecule has 0 unspecified atom stereocenters. The summed E-state index contributed by atoms with van der Waals surface area (Å²) in [6.45, 7) is 9.30. The Morgan fingerprint density at radius 2 is 1.67 bits per heavy atom. The Kier molecular flexibility index (Phi) is 2.79. The van der Waals surface area contributed by atoms with Crippen LogP contribution < -0.4 is 5.56 Å². The molecule has 0 amide bonds. The zero-order valence-electron chi connectivity index (χ0n) is 10.0. The minimum absolute atomic E-state index is 0.0860. The standard InChI is InChI=1S/C12H19NO2/c1-11(2,3)9-7-6-8(10(14)13-9)12(4,5)15/h6-7,15H,1-5H3,(H,13,14). The van der Waals surface area contributed by atoms with E-state index in [1.54, 1.807) is 19.9 Å². The van der Waals surface area contributed by atoms with E-state index in [1.165, 1.54) is 0 Å². The van der Waals surface area contributed by atoms with Gasteiger partial charge in [-0.2, -0.15) is 0 Å². The number of hydrogen-bond donors (Lipinski definition) is 2. The van der Waals surface area contributed by atoms with E-state index in [9.17, 15) is 9.90 Å². The SMILES string of the molecule is CC(C)(C)c1ccc(C(C)(C)O)c(=O)[nH]1. The predicted molar refractivity (Wildman–Crippen MR) is 61.0 cm³/mol. The number of rotatable bonds is 1. The van der Waals surface area contributed by atoms with E-state index in [2.05, 4.69) is 4.98 Å². The zero-order valence-corrected chi connectivity index (χ0v) is 10.0. The molecule has 1 aromatic rings. The topological polar surface area (TPSA) is 53.1 Å². The smallest absolute Gasteiger partial charge is 0.254 e. The summed E-state index contributed by atoms with van der Waals surface area (Å²) in [6.07, 6.45) is 0. The fraction of sp³-hybridized carbons (Fsp3) is 0.583. The summed E-state index contributed by atoms with van der Waals surface area (Å²) in [5.41, 5.74) is -0.118. The van der Waals surface area contributed by atoms with Crippen LogP contribution in [0.2, 0.25) is 0 Å². The summed E-state index contributed by atoms with van der Waals surface area (Å²) in [6, 6.07) is 3.55. The van der Waals surface area contributed by atoms with Gasteiger partial charge < -0.3 is 10.1 Å². The summed E-state index contributed by atoms with van der Waals surface area (Å²) in [7, 11) is 0. The molecule has 3 nitrogen and oxygen atoms in total. The summed E-state index contributed by atoms with van der Waals surface area (Å²) >= 11 is 0. The molecule has 0 aliphatic rings. The van der Waals surface area contributed by atoms with Crippen molar-refractivity contribution in [2.45, 2.75) is 45.6 Å². The van der Waals surface area contributed by atoms with Crippen molar-refractivity contribution in [3.8, 4) is 0 Å². The van der Waals surface area contributed by atoms with Gasteiger partial charge in [-0.05, 0) is 26.0 Å². The lowest BCUT2D eigenvalue weighted by Gasteiger charge is -2.21. The van der Waals surface area contributed by atoms with E-state index in [4.69, 9.17) is 0 Å². The van der Waals surface area contributed by atoms with Crippen molar-refractivity contribution in [3.63, 3.8) is 0 Å². The second-order valence-corrected chi connectivity index (χ2v) is 5.42. The first-order chi connectivity index (χ1) is 6.62. The molecule has 0 saturated carbocycles. The molecular weight excluding hydrogens is 190 g/mol. The Bertz CT molecular complexity index is 405. The van der Waals surface area contributed by atoms with Crippen LogP contribution in [0.4, 0.5) is 0 Å². The molecule has 0 saturated heterocycles. The fourth-order valence-corrected chi connectivity index (χ4v) is 1.39. The second kappa shape index (κ2) is 3.49. The highest BCUT2D eigenvalue weighted by atomic mass is 16.3. The molecule has 84 valence electrons. The van der Waals surface area contributed by atoms with Gasteiger partial charge in [0, 0.05) is 16.7 Å². The Hall–Kier alpha value is -1.09. The fourth-order valence-electron chi connectivity index (χ4n) is 1.39. The number of hydrogen-bond acceptors (Lipinski definition) is 2. The maximum Gasteiger partial charge on any atom is 0.254 e. The number of pyridine rings is 1.